The maximum absolute atomic E-state index is 12.6. The van der Waals surface area contributed by atoms with Crippen LogP contribution in [0.2, 0.25) is 0 Å². The number of carbonyl (C=O) groups is 4. The lowest BCUT2D eigenvalue weighted by Gasteiger charge is -2.25. The molecule has 0 aromatic rings. The molecule has 10 nitrogen and oxygen atoms in total. The van der Waals surface area contributed by atoms with Gasteiger partial charge in [-0.3, -0.25) is 14.4 Å². The molecule has 3 amide bonds. The van der Waals surface area contributed by atoms with Gasteiger partial charge in [-0.25, -0.2) is 4.79 Å². The molecule has 5 unspecified atom stereocenters. The summed E-state index contributed by atoms with van der Waals surface area (Å²) >= 11 is 0. The van der Waals surface area contributed by atoms with E-state index in [1.165, 1.54) is 0 Å². The summed E-state index contributed by atoms with van der Waals surface area (Å²) in [6.45, 7) is 7.39. The highest BCUT2D eigenvalue weighted by molar-refractivity contribution is 5.92. The van der Waals surface area contributed by atoms with Gasteiger partial charge in [-0.1, -0.05) is 47.0 Å². The summed E-state index contributed by atoms with van der Waals surface area (Å²) in [5.74, 6) is -3.12. The maximum atomic E-state index is 12.6. The Balaban J connectivity index is 4.86. The molecule has 0 aromatic carbocycles. The number of hydrogen-bond acceptors (Lipinski definition) is 6. The second kappa shape index (κ2) is 14.7. The van der Waals surface area contributed by atoms with E-state index in [0.29, 0.717) is 32.2 Å². The molecule has 0 aliphatic rings. The number of rotatable bonds is 15. The standard InChI is InChI=1S/C20H39N5O5/c1-5-12(3)16(25-18(27)14(22)9-7-8-10-21)19(28)23-11-15(26)24-17(20(29)30)13(4)6-2/h12-14,16-17H,5-11,21-22H2,1-4H3,(H,23,28)(H,24,26)(H,25,27)(H,29,30). The summed E-state index contributed by atoms with van der Waals surface area (Å²) in [6, 6.07) is -2.62. The fraction of sp³-hybridized carbons (Fsp3) is 0.800. The van der Waals surface area contributed by atoms with Crippen molar-refractivity contribution in [2.75, 3.05) is 13.1 Å². The van der Waals surface area contributed by atoms with E-state index in [9.17, 15) is 24.3 Å². The van der Waals surface area contributed by atoms with E-state index in [2.05, 4.69) is 16.0 Å². The number of carboxylic acids is 1. The van der Waals surface area contributed by atoms with Crippen LogP contribution in [0.1, 0.15) is 59.8 Å². The molecule has 0 aliphatic carbocycles. The minimum atomic E-state index is -1.13. The highest BCUT2D eigenvalue weighted by Gasteiger charge is 2.29. The second-order valence-corrected chi connectivity index (χ2v) is 7.75. The summed E-state index contributed by atoms with van der Waals surface area (Å²) in [7, 11) is 0. The van der Waals surface area contributed by atoms with Gasteiger partial charge in [0.1, 0.15) is 12.1 Å². The van der Waals surface area contributed by atoms with Crippen molar-refractivity contribution in [3.8, 4) is 0 Å². The first-order valence-corrected chi connectivity index (χ1v) is 10.6. The number of nitrogens with one attached hydrogen (secondary N) is 3. The SMILES string of the molecule is CCC(C)C(NC(=O)CNC(=O)C(NC(=O)C(N)CCCCN)C(C)CC)C(=O)O. The zero-order valence-electron chi connectivity index (χ0n) is 18.6. The fourth-order valence-corrected chi connectivity index (χ4v) is 2.79. The third-order valence-electron chi connectivity index (χ3n) is 5.32. The molecule has 0 fully saturated rings. The van der Waals surface area contributed by atoms with Crippen LogP contribution in [0.5, 0.6) is 0 Å². The van der Waals surface area contributed by atoms with Crippen molar-refractivity contribution in [3.63, 3.8) is 0 Å². The Bertz CT molecular complexity index is 572. The van der Waals surface area contributed by atoms with Crippen LogP contribution in [-0.2, 0) is 19.2 Å². The first kappa shape index (κ1) is 27.8. The van der Waals surface area contributed by atoms with Crippen molar-refractivity contribution in [2.45, 2.75) is 77.9 Å². The minimum absolute atomic E-state index is 0.180. The average molecular weight is 430 g/mol. The van der Waals surface area contributed by atoms with E-state index in [1.54, 1.807) is 6.92 Å². The third-order valence-corrected chi connectivity index (χ3v) is 5.32. The van der Waals surface area contributed by atoms with Crippen molar-refractivity contribution in [1.29, 1.82) is 0 Å². The Hall–Kier alpha value is -2.20. The van der Waals surface area contributed by atoms with Crippen molar-refractivity contribution in [2.24, 2.45) is 23.3 Å². The normalized spacial score (nSPS) is 15.9. The first-order valence-electron chi connectivity index (χ1n) is 10.6. The van der Waals surface area contributed by atoms with Gasteiger partial charge in [0, 0.05) is 0 Å². The van der Waals surface area contributed by atoms with E-state index in [-0.39, 0.29) is 18.4 Å². The molecule has 0 saturated heterocycles. The van der Waals surface area contributed by atoms with E-state index in [0.717, 1.165) is 6.42 Å². The molecule has 30 heavy (non-hydrogen) atoms. The van der Waals surface area contributed by atoms with Gasteiger partial charge in [0.2, 0.25) is 17.7 Å². The fourth-order valence-electron chi connectivity index (χ4n) is 2.79. The van der Waals surface area contributed by atoms with Gasteiger partial charge in [-0.05, 0) is 31.2 Å². The molecule has 0 radical (unpaired) electrons. The van der Waals surface area contributed by atoms with Crippen molar-refractivity contribution >= 4 is 23.7 Å². The van der Waals surface area contributed by atoms with Crippen LogP contribution in [-0.4, -0.2) is 60.0 Å². The molecule has 0 spiro atoms. The van der Waals surface area contributed by atoms with Crippen LogP contribution in [0.15, 0.2) is 0 Å². The van der Waals surface area contributed by atoms with Gasteiger partial charge in [0.05, 0.1) is 12.6 Å². The number of aliphatic carboxylic acids is 1. The molecule has 10 heteroatoms. The molecule has 5 atom stereocenters. The molecule has 174 valence electrons. The first-order chi connectivity index (χ1) is 14.1. The number of unbranched alkanes of at least 4 members (excludes halogenated alkanes) is 1. The Morgan fingerprint density at radius 2 is 1.47 bits per heavy atom. The second-order valence-electron chi connectivity index (χ2n) is 7.75. The Kier molecular flexibility index (Phi) is 13.7. The highest BCUT2D eigenvalue weighted by Crippen LogP contribution is 2.10. The molecule has 0 aromatic heterocycles. The smallest absolute Gasteiger partial charge is 0.326 e. The predicted octanol–water partition coefficient (Wildman–Crippen LogP) is -0.295. The molecule has 0 aliphatic heterocycles. The van der Waals surface area contributed by atoms with Gasteiger partial charge in [-0.15, -0.1) is 0 Å². The average Bonchev–Trinajstić information content (AvgIpc) is 2.72. The number of carbonyl (C=O) groups excluding carboxylic acids is 3. The van der Waals surface area contributed by atoms with Gasteiger partial charge in [0.25, 0.3) is 0 Å². The van der Waals surface area contributed by atoms with Crippen molar-refractivity contribution in [1.82, 2.24) is 16.0 Å². The summed E-state index contributed by atoms with van der Waals surface area (Å²) in [5, 5.41) is 16.8. The van der Waals surface area contributed by atoms with Crippen LogP contribution in [0, 0.1) is 11.8 Å². The third kappa shape index (κ3) is 10.0. The van der Waals surface area contributed by atoms with Gasteiger partial charge >= 0.3 is 5.97 Å². The molecular formula is C20H39N5O5. The monoisotopic (exact) mass is 429 g/mol. The molecule has 0 heterocycles. The molecule has 0 rings (SSSR count). The highest BCUT2D eigenvalue weighted by atomic mass is 16.4. The molecular weight excluding hydrogens is 390 g/mol. The lowest BCUT2D eigenvalue weighted by Crippen LogP contribution is -2.55. The van der Waals surface area contributed by atoms with E-state index in [1.807, 2.05) is 20.8 Å². The van der Waals surface area contributed by atoms with E-state index >= 15 is 0 Å². The largest absolute Gasteiger partial charge is 0.480 e. The maximum Gasteiger partial charge on any atom is 0.326 e. The lowest BCUT2D eigenvalue weighted by atomic mass is 9.97. The Labute approximate surface area is 178 Å². The quantitative estimate of drug-likeness (QED) is 0.194. The summed E-state index contributed by atoms with van der Waals surface area (Å²) < 4.78 is 0. The van der Waals surface area contributed by atoms with Crippen molar-refractivity contribution in [3.05, 3.63) is 0 Å². The van der Waals surface area contributed by atoms with E-state index in [4.69, 9.17) is 11.5 Å². The Morgan fingerprint density at radius 3 is 1.97 bits per heavy atom. The van der Waals surface area contributed by atoms with Crippen LogP contribution in [0.25, 0.3) is 0 Å². The number of hydrogen-bond donors (Lipinski definition) is 6. The topological polar surface area (TPSA) is 177 Å². The van der Waals surface area contributed by atoms with E-state index < -0.39 is 41.8 Å². The zero-order valence-corrected chi connectivity index (χ0v) is 18.6. The number of nitrogens with two attached hydrogens (primary N) is 2. The lowest BCUT2D eigenvalue weighted by molar-refractivity contribution is -0.143. The zero-order chi connectivity index (χ0) is 23.3. The van der Waals surface area contributed by atoms with Crippen LogP contribution >= 0.6 is 0 Å². The Morgan fingerprint density at radius 1 is 0.900 bits per heavy atom. The van der Waals surface area contributed by atoms with Gasteiger partial charge in [0.15, 0.2) is 0 Å². The minimum Gasteiger partial charge on any atom is -0.480 e. The van der Waals surface area contributed by atoms with Crippen molar-refractivity contribution < 1.29 is 24.3 Å². The number of amides is 3. The van der Waals surface area contributed by atoms with Gasteiger partial charge in [-0.2, -0.15) is 0 Å². The van der Waals surface area contributed by atoms with Crippen LogP contribution in [0.4, 0.5) is 0 Å². The van der Waals surface area contributed by atoms with Crippen LogP contribution in [0.3, 0.4) is 0 Å². The predicted molar refractivity (Wildman–Crippen MR) is 114 cm³/mol. The van der Waals surface area contributed by atoms with Gasteiger partial charge < -0.3 is 32.5 Å². The summed E-state index contributed by atoms with van der Waals surface area (Å²) in [4.78, 5) is 48.4. The summed E-state index contributed by atoms with van der Waals surface area (Å²) in [5.41, 5.74) is 11.3. The summed E-state index contributed by atoms with van der Waals surface area (Å²) in [6.07, 6.45) is 3.15. The van der Waals surface area contributed by atoms with Crippen LogP contribution < -0.4 is 27.4 Å². The molecule has 0 saturated carbocycles. The molecule has 8 N–H and O–H groups in total. The number of carboxylic acid groups (broad SMARTS) is 1. The molecule has 0 bridgehead atoms.